The molecule has 0 fully saturated rings. The number of amides is 1. The Kier molecular flexibility index (Phi) is 6.60. The Morgan fingerprint density at radius 1 is 1.18 bits per heavy atom. The van der Waals surface area contributed by atoms with E-state index in [0.717, 1.165) is 5.56 Å². The lowest BCUT2D eigenvalue weighted by atomic mass is 10.2. The van der Waals surface area contributed by atoms with Crippen LogP contribution in [0.5, 0.6) is 5.75 Å². The third kappa shape index (κ3) is 5.29. The molecule has 0 bridgehead atoms. The van der Waals surface area contributed by atoms with Gasteiger partial charge >= 0.3 is 0 Å². The minimum atomic E-state index is -0.126. The highest BCUT2D eigenvalue weighted by Gasteiger charge is 2.13. The molecule has 0 unspecified atom stereocenters. The van der Waals surface area contributed by atoms with Crippen molar-refractivity contribution in [3.8, 4) is 17.1 Å². The summed E-state index contributed by atoms with van der Waals surface area (Å²) in [5.41, 5.74) is 1.47. The zero-order chi connectivity index (χ0) is 19.9. The van der Waals surface area contributed by atoms with Crippen LogP contribution in [0.2, 0.25) is 5.02 Å². The molecule has 2 aromatic carbocycles. The average Bonchev–Trinajstić information content (AvgIpc) is 3.14. The number of benzene rings is 2. The van der Waals surface area contributed by atoms with Gasteiger partial charge in [0, 0.05) is 12.0 Å². The second-order valence-electron chi connectivity index (χ2n) is 6.51. The second-order valence-corrected chi connectivity index (χ2v) is 6.92. The third-order valence-corrected chi connectivity index (χ3v) is 4.14. The van der Waals surface area contributed by atoms with E-state index in [1.54, 1.807) is 18.2 Å². The first-order valence-corrected chi connectivity index (χ1v) is 9.49. The fourth-order valence-corrected chi connectivity index (χ4v) is 2.82. The summed E-state index contributed by atoms with van der Waals surface area (Å²) < 4.78 is 5.72. The number of nitrogens with zero attached hydrogens (tertiary/aromatic N) is 4. The number of aromatic nitrogens is 4. The Morgan fingerprint density at radius 2 is 1.96 bits per heavy atom. The molecule has 0 aliphatic rings. The van der Waals surface area contributed by atoms with Gasteiger partial charge in [0.25, 0.3) is 0 Å². The quantitative estimate of drug-likeness (QED) is 0.613. The summed E-state index contributed by atoms with van der Waals surface area (Å²) in [6.07, 6.45) is 0.848. The number of hydrogen-bond acceptors (Lipinski definition) is 5. The number of rotatable bonds is 8. The highest BCUT2D eigenvalue weighted by atomic mass is 35.5. The Labute approximate surface area is 168 Å². The Morgan fingerprint density at radius 3 is 2.71 bits per heavy atom. The largest absolute Gasteiger partial charge is 0.487 e. The molecule has 8 heteroatoms. The molecule has 3 rings (SSSR count). The lowest BCUT2D eigenvalue weighted by molar-refractivity contribution is -0.116. The average molecular weight is 400 g/mol. The molecule has 146 valence electrons. The Balaban J connectivity index is 1.53. The van der Waals surface area contributed by atoms with Crippen LogP contribution >= 0.6 is 11.6 Å². The van der Waals surface area contributed by atoms with Crippen molar-refractivity contribution in [2.75, 3.05) is 5.32 Å². The van der Waals surface area contributed by atoms with Crippen molar-refractivity contribution in [3.05, 3.63) is 53.6 Å². The van der Waals surface area contributed by atoms with E-state index in [2.05, 4.69) is 20.7 Å². The van der Waals surface area contributed by atoms with Gasteiger partial charge in [-0.3, -0.25) is 4.79 Å². The number of nitrogens with one attached hydrogen (secondary N) is 1. The summed E-state index contributed by atoms with van der Waals surface area (Å²) in [6, 6.07) is 14.9. The molecule has 0 aliphatic carbocycles. The summed E-state index contributed by atoms with van der Waals surface area (Å²) in [5.74, 6) is 0.927. The summed E-state index contributed by atoms with van der Waals surface area (Å²) in [4.78, 5) is 13.8. The van der Waals surface area contributed by atoms with Crippen LogP contribution in [0.3, 0.4) is 0 Å². The minimum Gasteiger partial charge on any atom is -0.487 e. The number of carbonyl (C=O) groups excluding carboxylic acids is 1. The number of ether oxygens (including phenoxy) is 1. The van der Waals surface area contributed by atoms with Gasteiger partial charge in [0.1, 0.15) is 0 Å². The second kappa shape index (κ2) is 9.32. The molecule has 3 aromatic rings. The van der Waals surface area contributed by atoms with Crippen molar-refractivity contribution < 1.29 is 9.53 Å². The van der Waals surface area contributed by atoms with E-state index in [9.17, 15) is 4.79 Å². The molecule has 1 heterocycles. The molecule has 1 aromatic heterocycles. The van der Waals surface area contributed by atoms with Crippen LogP contribution in [0, 0.1) is 0 Å². The minimum absolute atomic E-state index is 0.0484. The molecule has 0 saturated carbocycles. The van der Waals surface area contributed by atoms with Crippen molar-refractivity contribution in [2.24, 2.45) is 0 Å². The number of anilines is 1. The molecule has 0 saturated heterocycles. The van der Waals surface area contributed by atoms with Crippen LogP contribution in [-0.2, 0) is 11.3 Å². The van der Waals surface area contributed by atoms with Gasteiger partial charge in [-0.15, -0.1) is 10.2 Å². The molecule has 0 radical (unpaired) electrons. The number of halogens is 1. The van der Waals surface area contributed by atoms with E-state index in [1.807, 2.05) is 44.2 Å². The summed E-state index contributed by atoms with van der Waals surface area (Å²) >= 11 is 6.19. The molecule has 7 nitrogen and oxygen atoms in total. The zero-order valence-electron chi connectivity index (χ0n) is 15.8. The van der Waals surface area contributed by atoms with Crippen LogP contribution in [0.4, 0.5) is 5.69 Å². The third-order valence-electron chi connectivity index (χ3n) is 3.84. The van der Waals surface area contributed by atoms with Crippen LogP contribution in [0.1, 0.15) is 26.7 Å². The maximum Gasteiger partial charge on any atom is 0.224 e. The molecule has 0 aliphatic heterocycles. The fraction of sp³-hybridized carbons (Fsp3) is 0.300. The van der Waals surface area contributed by atoms with E-state index in [-0.39, 0.29) is 12.0 Å². The Hall–Kier alpha value is -2.93. The predicted molar refractivity (Wildman–Crippen MR) is 108 cm³/mol. The molecule has 0 atom stereocenters. The highest BCUT2D eigenvalue weighted by Crippen LogP contribution is 2.33. The summed E-state index contributed by atoms with van der Waals surface area (Å²) in [6.45, 7) is 4.31. The van der Waals surface area contributed by atoms with E-state index >= 15 is 0 Å². The van der Waals surface area contributed by atoms with Crippen LogP contribution in [0.25, 0.3) is 11.4 Å². The van der Waals surface area contributed by atoms with Crippen molar-refractivity contribution in [2.45, 2.75) is 39.3 Å². The maximum atomic E-state index is 12.3. The van der Waals surface area contributed by atoms with E-state index in [1.165, 1.54) is 4.80 Å². The van der Waals surface area contributed by atoms with Gasteiger partial charge in [-0.05, 0) is 37.6 Å². The molecule has 1 N–H and O–H groups in total. The van der Waals surface area contributed by atoms with Gasteiger partial charge in [0.15, 0.2) is 5.75 Å². The number of carbonyl (C=O) groups is 1. The first kappa shape index (κ1) is 19.8. The van der Waals surface area contributed by atoms with Crippen LogP contribution in [-0.4, -0.2) is 32.2 Å². The SMILES string of the molecule is CC(C)Oc1c(Cl)cccc1NC(=O)CCCn1nnc(-c2ccccc2)n1. The Bertz CT molecular complexity index is 927. The van der Waals surface area contributed by atoms with Crippen LogP contribution in [0.15, 0.2) is 48.5 Å². The van der Waals surface area contributed by atoms with Crippen molar-refractivity contribution >= 4 is 23.2 Å². The predicted octanol–water partition coefficient (Wildman–Crippen LogP) is 4.20. The van der Waals surface area contributed by atoms with Crippen molar-refractivity contribution in [3.63, 3.8) is 0 Å². The fourth-order valence-electron chi connectivity index (χ4n) is 2.60. The summed E-state index contributed by atoms with van der Waals surface area (Å²) in [5, 5.41) is 15.8. The standard InChI is InChI=1S/C20H22ClN5O2/c1-14(2)28-19-16(21)10-6-11-17(19)22-18(27)12-7-13-26-24-20(23-25-26)15-8-4-3-5-9-15/h3-6,8-11,14H,7,12-13H2,1-2H3,(H,22,27). The molecule has 0 spiro atoms. The van der Waals surface area contributed by atoms with E-state index in [4.69, 9.17) is 16.3 Å². The van der Waals surface area contributed by atoms with Crippen molar-refractivity contribution in [1.82, 2.24) is 20.2 Å². The van der Waals surface area contributed by atoms with Gasteiger partial charge < -0.3 is 10.1 Å². The molecular formula is C20H22ClN5O2. The molecular weight excluding hydrogens is 378 g/mol. The van der Waals surface area contributed by atoms with Gasteiger partial charge in [-0.25, -0.2) is 0 Å². The first-order chi connectivity index (χ1) is 13.5. The lowest BCUT2D eigenvalue weighted by Crippen LogP contribution is -2.15. The van der Waals surface area contributed by atoms with Gasteiger partial charge in [-0.1, -0.05) is 48.0 Å². The highest BCUT2D eigenvalue weighted by molar-refractivity contribution is 6.32. The number of hydrogen-bond donors (Lipinski definition) is 1. The normalized spacial score (nSPS) is 10.9. The van der Waals surface area contributed by atoms with E-state index in [0.29, 0.717) is 41.7 Å². The summed E-state index contributed by atoms with van der Waals surface area (Å²) in [7, 11) is 0. The van der Waals surface area contributed by atoms with Gasteiger partial charge in [0.2, 0.25) is 11.7 Å². The zero-order valence-corrected chi connectivity index (χ0v) is 16.6. The maximum absolute atomic E-state index is 12.3. The smallest absolute Gasteiger partial charge is 0.224 e. The molecule has 1 amide bonds. The van der Waals surface area contributed by atoms with Crippen molar-refractivity contribution in [1.29, 1.82) is 0 Å². The van der Waals surface area contributed by atoms with E-state index < -0.39 is 0 Å². The molecule has 28 heavy (non-hydrogen) atoms. The van der Waals surface area contributed by atoms with Crippen LogP contribution < -0.4 is 10.1 Å². The monoisotopic (exact) mass is 399 g/mol. The van der Waals surface area contributed by atoms with Gasteiger partial charge in [-0.2, -0.15) is 4.80 Å². The number of aryl methyl sites for hydroxylation is 1. The number of tetrazole rings is 1. The first-order valence-electron chi connectivity index (χ1n) is 9.11. The number of para-hydroxylation sites is 1. The van der Waals surface area contributed by atoms with Gasteiger partial charge in [0.05, 0.1) is 23.4 Å². The lowest BCUT2D eigenvalue weighted by Gasteiger charge is -2.16. The topological polar surface area (TPSA) is 81.9 Å².